The van der Waals surface area contributed by atoms with Crippen LogP contribution in [0.5, 0.6) is 0 Å². The van der Waals surface area contributed by atoms with Gasteiger partial charge in [-0.1, -0.05) is 18.2 Å². The van der Waals surface area contributed by atoms with Gasteiger partial charge in [0.2, 0.25) is 11.8 Å². The second-order valence-corrected chi connectivity index (χ2v) is 10.1. The Hall–Kier alpha value is -4.96. The quantitative estimate of drug-likeness (QED) is 0.258. The van der Waals surface area contributed by atoms with Crippen LogP contribution < -0.4 is 10.2 Å². The van der Waals surface area contributed by atoms with Crippen molar-refractivity contribution in [1.82, 2.24) is 15.1 Å². The fourth-order valence-corrected chi connectivity index (χ4v) is 4.75. The molecule has 0 saturated heterocycles. The molecule has 0 aliphatic carbocycles. The van der Waals surface area contributed by atoms with Gasteiger partial charge in [-0.2, -0.15) is 10.2 Å². The first-order chi connectivity index (χ1) is 19.7. The number of aliphatic imine (C=N–C) groups is 1. The molecule has 0 spiro atoms. The molecule has 10 nitrogen and oxygen atoms in total. The van der Waals surface area contributed by atoms with Crippen molar-refractivity contribution in [3.8, 4) is 0 Å². The molecule has 3 aromatic carbocycles. The van der Waals surface area contributed by atoms with Crippen LogP contribution in [0.25, 0.3) is 10.8 Å². The molecule has 4 aromatic rings. The van der Waals surface area contributed by atoms with E-state index in [1.807, 2.05) is 61.5 Å². The number of hydrogen-bond acceptors (Lipinski definition) is 8. The maximum absolute atomic E-state index is 13.4. The van der Waals surface area contributed by atoms with Crippen LogP contribution in [0.3, 0.4) is 0 Å². The first-order valence-corrected chi connectivity index (χ1v) is 13.1. The van der Waals surface area contributed by atoms with E-state index in [2.05, 4.69) is 15.5 Å². The minimum Gasteiger partial charge on any atom is -0.465 e. The zero-order valence-corrected chi connectivity index (χ0v) is 23.3. The van der Waals surface area contributed by atoms with E-state index in [4.69, 9.17) is 9.73 Å². The summed E-state index contributed by atoms with van der Waals surface area (Å²) in [7, 11) is 6.93. The highest BCUT2D eigenvalue weighted by atomic mass is 16.5. The number of hydrogen-bond donors (Lipinski definition) is 1. The third-order valence-electron chi connectivity index (χ3n) is 7.06. The van der Waals surface area contributed by atoms with Gasteiger partial charge in [-0.25, -0.2) is 4.79 Å². The molecule has 0 bridgehead atoms. The number of carbonyl (C=O) groups excluding carboxylic acids is 3. The molecule has 5 rings (SSSR count). The van der Waals surface area contributed by atoms with Gasteiger partial charge in [0.25, 0.3) is 0 Å². The molecule has 1 aromatic heterocycles. The first kappa shape index (κ1) is 27.6. The predicted molar refractivity (Wildman–Crippen MR) is 158 cm³/mol. The van der Waals surface area contributed by atoms with Crippen molar-refractivity contribution in [2.45, 2.75) is 12.3 Å². The average Bonchev–Trinajstić information content (AvgIpc) is 3.32. The van der Waals surface area contributed by atoms with Crippen LogP contribution in [0.15, 0.2) is 78.0 Å². The number of anilines is 2. The number of aromatic nitrogens is 2. The summed E-state index contributed by atoms with van der Waals surface area (Å²) >= 11 is 0. The summed E-state index contributed by atoms with van der Waals surface area (Å²) in [6.07, 6.45) is 3.75. The minimum atomic E-state index is -0.723. The van der Waals surface area contributed by atoms with Gasteiger partial charge in [-0.3, -0.25) is 14.6 Å². The highest BCUT2D eigenvalue weighted by molar-refractivity contribution is 6.24. The van der Waals surface area contributed by atoms with Crippen molar-refractivity contribution < 1.29 is 19.1 Å². The monoisotopic (exact) mass is 550 g/mol. The van der Waals surface area contributed by atoms with Crippen LogP contribution >= 0.6 is 0 Å². The molecule has 1 aliphatic rings. The topological polar surface area (TPSA) is 117 Å². The Bertz CT molecular complexity index is 1670. The zero-order chi connectivity index (χ0) is 29.1. The second-order valence-electron chi connectivity index (χ2n) is 10.1. The fourth-order valence-electron chi connectivity index (χ4n) is 4.75. The van der Waals surface area contributed by atoms with Crippen LogP contribution in [0.2, 0.25) is 0 Å². The number of carbonyl (C=O) groups is 3. The summed E-state index contributed by atoms with van der Waals surface area (Å²) in [6, 6.07) is 18.1. The van der Waals surface area contributed by atoms with Crippen molar-refractivity contribution >= 4 is 51.3 Å². The number of amides is 2. The molecule has 0 radical (unpaired) electrons. The summed E-state index contributed by atoms with van der Waals surface area (Å²) < 4.78 is 4.84. The van der Waals surface area contributed by atoms with E-state index in [-0.39, 0.29) is 11.8 Å². The van der Waals surface area contributed by atoms with E-state index in [0.717, 1.165) is 22.0 Å². The molecular formula is C31H30N6O4. The Morgan fingerprint density at radius 1 is 0.927 bits per heavy atom. The lowest BCUT2D eigenvalue weighted by Crippen LogP contribution is -2.29. The largest absolute Gasteiger partial charge is 0.465 e. The van der Waals surface area contributed by atoms with Crippen LogP contribution in [0.4, 0.5) is 17.1 Å². The van der Waals surface area contributed by atoms with Gasteiger partial charge >= 0.3 is 5.97 Å². The predicted octanol–water partition coefficient (Wildman–Crippen LogP) is 4.19. The normalized spacial score (nSPS) is 14.6. The number of esters is 1. The number of methoxy groups -OCH3 is 1. The average molecular weight is 551 g/mol. The Morgan fingerprint density at radius 2 is 1.63 bits per heavy atom. The lowest BCUT2D eigenvalue weighted by atomic mass is 9.89. The highest BCUT2D eigenvalue weighted by Gasteiger charge is 2.36. The molecule has 2 heterocycles. The lowest BCUT2D eigenvalue weighted by Gasteiger charge is -2.19. The molecule has 208 valence electrons. The number of benzene rings is 3. The molecule has 1 N–H and O–H groups in total. The third-order valence-corrected chi connectivity index (χ3v) is 7.06. The van der Waals surface area contributed by atoms with E-state index in [9.17, 15) is 14.4 Å². The van der Waals surface area contributed by atoms with E-state index >= 15 is 0 Å². The Balaban J connectivity index is 1.54. The van der Waals surface area contributed by atoms with Crippen molar-refractivity contribution in [3.05, 3.63) is 89.7 Å². The fraction of sp³-hybridized carbons (Fsp3) is 0.226. The molecule has 0 saturated carbocycles. The highest BCUT2D eigenvalue weighted by Crippen LogP contribution is 2.37. The van der Waals surface area contributed by atoms with Gasteiger partial charge in [0.15, 0.2) is 0 Å². The molecule has 1 aliphatic heterocycles. The molecule has 1 atom stereocenters. The van der Waals surface area contributed by atoms with Gasteiger partial charge in [-0.05, 0) is 67.7 Å². The summed E-state index contributed by atoms with van der Waals surface area (Å²) in [5.74, 6) is -1.45. The summed E-state index contributed by atoms with van der Waals surface area (Å²) in [4.78, 5) is 46.6. The van der Waals surface area contributed by atoms with Crippen molar-refractivity contribution in [2.75, 3.05) is 45.0 Å². The molecule has 2 amide bonds. The third kappa shape index (κ3) is 5.82. The van der Waals surface area contributed by atoms with Crippen LogP contribution in [-0.4, -0.2) is 73.4 Å². The van der Waals surface area contributed by atoms with Crippen molar-refractivity contribution in [2.24, 2.45) is 4.99 Å². The number of rotatable bonds is 8. The van der Waals surface area contributed by atoms with E-state index in [1.54, 1.807) is 42.5 Å². The SMILES string of the molecule is COC(=O)c1ccc2c(c1)NC(=O)C2C(=Nc1ccc(N(C)C(=O)CCN(C)C)cc1)c1ccc2cnncc2c1. The molecular weight excluding hydrogens is 520 g/mol. The summed E-state index contributed by atoms with van der Waals surface area (Å²) in [5.41, 5.74) is 4.24. The van der Waals surface area contributed by atoms with Crippen LogP contribution in [0.1, 0.15) is 33.8 Å². The minimum absolute atomic E-state index is 0.0143. The standard InChI is InChI=1S/C31H30N6O4/c1-36(2)14-13-27(38)37(3)24-10-8-23(9-11-24)34-29(19-5-6-21-17-32-33-18-22(21)15-19)28-25-12-7-20(31(40)41-4)16-26(25)35-30(28)39/h5-12,15-18,28H,13-14H2,1-4H3,(H,35,39). The van der Waals surface area contributed by atoms with Gasteiger partial charge in [-0.15, -0.1) is 0 Å². The second kappa shape index (κ2) is 11.6. The Morgan fingerprint density at radius 3 is 2.34 bits per heavy atom. The van der Waals surface area contributed by atoms with E-state index in [1.165, 1.54) is 7.11 Å². The Labute approximate surface area is 237 Å². The lowest BCUT2D eigenvalue weighted by molar-refractivity contribution is -0.118. The summed E-state index contributed by atoms with van der Waals surface area (Å²) in [6.45, 7) is 0.665. The van der Waals surface area contributed by atoms with Crippen molar-refractivity contribution in [3.63, 3.8) is 0 Å². The number of nitrogens with zero attached hydrogens (tertiary/aromatic N) is 5. The maximum Gasteiger partial charge on any atom is 0.337 e. The molecule has 1 unspecified atom stereocenters. The maximum atomic E-state index is 13.4. The first-order valence-electron chi connectivity index (χ1n) is 13.1. The van der Waals surface area contributed by atoms with Gasteiger partial charge < -0.3 is 19.9 Å². The zero-order valence-electron chi connectivity index (χ0n) is 23.3. The van der Waals surface area contributed by atoms with Crippen molar-refractivity contribution in [1.29, 1.82) is 0 Å². The number of nitrogens with one attached hydrogen (secondary N) is 1. The number of fused-ring (bicyclic) bond motifs is 2. The van der Waals surface area contributed by atoms with E-state index < -0.39 is 11.9 Å². The molecule has 10 heteroatoms. The van der Waals surface area contributed by atoms with Crippen LogP contribution in [0, 0.1) is 0 Å². The van der Waals surface area contributed by atoms with Gasteiger partial charge in [0.05, 0.1) is 36.5 Å². The molecule has 0 fully saturated rings. The summed E-state index contributed by atoms with van der Waals surface area (Å²) in [5, 5.41) is 12.6. The van der Waals surface area contributed by atoms with Gasteiger partial charge in [0.1, 0.15) is 5.92 Å². The van der Waals surface area contributed by atoms with E-state index in [0.29, 0.717) is 41.2 Å². The van der Waals surface area contributed by atoms with Gasteiger partial charge in [0, 0.05) is 42.2 Å². The smallest absolute Gasteiger partial charge is 0.337 e. The number of ether oxygens (including phenoxy) is 1. The molecule has 41 heavy (non-hydrogen) atoms. The Kier molecular flexibility index (Phi) is 7.84. The van der Waals surface area contributed by atoms with Crippen LogP contribution in [-0.2, 0) is 14.3 Å².